The molecule has 1 aromatic heterocycles. The molecule has 0 aliphatic rings. The van der Waals surface area contributed by atoms with Gasteiger partial charge < -0.3 is 14.0 Å². The zero-order chi connectivity index (χ0) is 20.9. The van der Waals surface area contributed by atoms with Crippen LogP contribution in [0.2, 0.25) is 0 Å². The summed E-state index contributed by atoms with van der Waals surface area (Å²) in [5.41, 5.74) is 3.31. The van der Waals surface area contributed by atoms with Gasteiger partial charge in [-0.15, -0.1) is 0 Å². The Morgan fingerprint density at radius 2 is 1.72 bits per heavy atom. The van der Waals surface area contributed by atoms with Crippen molar-refractivity contribution in [3.05, 3.63) is 59.8 Å². The third kappa shape index (κ3) is 4.73. The number of hydrogen-bond donors (Lipinski definition) is 1. The molecule has 0 saturated heterocycles. The lowest BCUT2D eigenvalue weighted by atomic mass is 10.0. The van der Waals surface area contributed by atoms with Crippen LogP contribution in [0.15, 0.2) is 57.9 Å². The minimum atomic E-state index is -3.92. The number of nitrogens with zero attached hydrogens (tertiary/aromatic N) is 1. The van der Waals surface area contributed by atoms with Crippen molar-refractivity contribution in [2.24, 2.45) is 0 Å². The van der Waals surface area contributed by atoms with E-state index in [4.69, 9.17) is 14.0 Å². The Morgan fingerprint density at radius 1 is 1.00 bits per heavy atom. The van der Waals surface area contributed by atoms with Crippen LogP contribution in [-0.2, 0) is 19.5 Å². The molecule has 29 heavy (non-hydrogen) atoms. The SMILES string of the molecule is COCCOCNS(=O)(=O)c1c(-c2ccccc2)cccc1-c1onc(C)c1C. The summed E-state index contributed by atoms with van der Waals surface area (Å²) in [7, 11) is -2.36. The molecule has 0 spiro atoms. The van der Waals surface area contributed by atoms with Gasteiger partial charge in [-0.25, -0.2) is 8.42 Å². The first kappa shape index (κ1) is 21.2. The van der Waals surface area contributed by atoms with E-state index in [0.29, 0.717) is 29.2 Å². The second-order valence-electron chi connectivity index (χ2n) is 6.46. The van der Waals surface area contributed by atoms with Crippen molar-refractivity contribution < 1.29 is 22.4 Å². The molecule has 0 fully saturated rings. The molecular formula is C21H24N2O5S. The van der Waals surface area contributed by atoms with E-state index in [-0.39, 0.29) is 18.2 Å². The zero-order valence-electron chi connectivity index (χ0n) is 16.6. The van der Waals surface area contributed by atoms with E-state index in [0.717, 1.165) is 11.1 Å². The van der Waals surface area contributed by atoms with E-state index in [2.05, 4.69) is 9.88 Å². The number of benzene rings is 2. The monoisotopic (exact) mass is 416 g/mol. The fraction of sp³-hybridized carbons (Fsp3) is 0.286. The first-order chi connectivity index (χ1) is 14.0. The summed E-state index contributed by atoms with van der Waals surface area (Å²) in [4.78, 5) is 0.126. The Kier molecular flexibility index (Phi) is 6.81. The fourth-order valence-corrected chi connectivity index (χ4v) is 4.23. The van der Waals surface area contributed by atoms with Gasteiger partial charge in [-0.3, -0.25) is 0 Å². The Hall–Kier alpha value is -2.52. The fourth-order valence-electron chi connectivity index (χ4n) is 2.92. The average molecular weight is 416 g/mol. The van der Waals surface area contributed by atoms with Gasteiger partial charge in [-0.2, -0.15) is 4.72 Å². The quantitative estimate of drug-likeness (QED) is 0.424. The summed E-state index contributed by atoms with van der Waals surface area (Å²) in [6.07, 6.45) is 0. The van der Waals surface area contributed by atoms with Crippen LogP contribution in [-0.4, -0.2) is 40.6 Å². The summed E-state index contributed by atoms with van der Waals surface area (Å²) >= 11 is 0. The van der Waals surface area contributed by atoms with Crippen molar-refractivity contribution in [3.63, 3.8) is 0 Å². The highest BCUT2D eigenvalue weighted by molar-refractivity contribution is 7.89. The van der Waals surface area contributed by atoms with Gasteiger partial charge in [0.1, 0.15) is 11.6 Å². The molecule has 3 rings (SSSR count). The number of nitrogens with one attached hydrogen (secondary N) is 1. The smallest absolute Gasteiger partial charge is 0.243 e. The highest BCUT2D eigenvalue weighted by atomic mass is 32.2. The van der Waals surface area contributed by atoms with Gasteiger partial charge in [0, 0.05) is 23.8 Å². The molecule has 154 valence electrons. The van der Waals surface area contributed by atoms with Crippen LogP contribution in [0.5, 0.6) is 0 Å². The number of rotatable bonds is 9. The van der Waals surface area contributed by atoms with Crippen LogP contribution < -0.4 is 4.72 Å². The molecule has 0 bridgehead atoms. The predicted octanol–water partition coefficient (Wildman–Crippen LogP) is 3.52. The second-order valence-corrected chi connectivity index (χ2v) is 8.17. The summed E-state index contributed by atoms with van der Waals surface area (Å²) in [6.45, 7) is 4.17. The van der Waals surface area contributed by atoms with Gasteiger partial charge in [-0.05, 0) is 25.5 Å². The topological polar surface area (TPSA) is 90.7 Å². The Bertz CT molecular complexity index is 1060. The zero-order valence-corrected chi connectivity index (χ0v) is 17.5. The van der Waals surface area contributed by atoms with E-state index in [9.17, 15) is 8.42 Å². The van der Waals surface area contributed by atoms with Crippen LogP contribution in [0.25, 0.3) is 22.5 Å². The average Bonchev–Trinajstić information content (AvgIpc) is 3.06. The molecule has 8 heteroatoms. The molecule has 0 atom stereocenters. The van der Waals surface area contributed by atoms with Crippen LogP contribution in [0.4, 0.5) is 0 Å². The van der Waals surface area contributed by atoms with Gasteiger partial charge in [-0.1, -0.05) is 47.6 Å². The molecule has 0 aliphatic heterocycles. The molecule has 2 aromatic carbocycles. The van der Waals surface area contributed by atoms with E-state index < -0.39 is 10.0 Å². The largest absolute Gasteiger partial charge is 0.382 e. The van der Waals surface area contributed by atoms with E-state index >= 15 is 0 Å². The summed E-state index contributed by atoms with van der Waals surface area (Å²) in [6, 6.07) is 14.7. The van der Waals surface area contributed by atoms with Crippen molar-refractivity contribution in [1.82, 2.24) is 9.88 Å². The summed E-state index contributed by atoms with van der Waals surface area (Å²) in [5, 5.41) is 3.99. The maximum Gasteiger partial charge on any atom is 0.243 e. The third-order valence-electron chi connectivity index (χ3n) is 4.55. The highest BCUT2D eigenvalue weighted by Crippen LogP contribution is 2.37. The number of ether oxygens (including phenoxy) is 2. The molecular weight excluding hydrogens is 392 g/mol. The minimum absolute atomic E-state index is 0.126. The Morgan fingerprint density at radius 3 is 2.38 bits per heavy atom. The lowest BCUT2D eigenvalue weighted by Gasteiger charge is -2.15. The van der Waals surface area contributed by atoms with E-state index in [1.165, 1.54) is 0 Å². The van der Waals surface area contributed by atoms with Gasteiger partial charge in [0.2, 0.25) is 10.0 Å². The standard InChI is InChI=1S/C21H24N2O5S/c1-15-16(2)23-28-20(15)19-11-7-10-18(17-8-5-4-6-9-17)21(19)29(24,25)22-14-27-13-12-26-3/h4-11,22H,12-14H2,1-3H3. The molecule has 0 aliphatic carbocycles. The summed E-state index contributed by atoms with van der Waals surface area (Å²) < 4.78 is 44.8. The maximum absolute atomic E-state index is 13.3. The third-order valence-corrected chi connectivity index (χ3v) is 6.03. The number of methoxy groups -OCH3 is 1. The highest BCUT2D eigenvalue weighted by Gasteiger charge is 2.27. The maximum atomic E-state index is 13.3. The Labute approximate surface area is 170 Å². The molecule has 0 amide bonds. The normalized spacial score (nSPS) is 11.7. The van der Waals surface area contributed by atoms with Crippen molar-refractivity contribution in [2.45, 2.75) is 18.7 Å². The van der Waals surface area contributed by atoms with Gasteiger partial charge in [0.05, 0.1) is 18.9 Å². The van der Waals surface area contributed by atoms with E-state index in [1.54, 1.807) is 19.2 Å². The van der Waals surface area contributed by atoms with Crippen LogP contribution in [0, 0.1) is 13.8 Å². The van der Waals surface area contributed by atoms with Crippen LogP contribution in [0.3, 0.4) is 0 Å². The molecule has 1 N–H and O–H groups in total. The number of aromatic nitrogens is 1. The number of sulfonamides is 1. The second kappa shape index (κ2) is 9.32. The molecule has 1 heterocycles. The minimum Gasteiger partial charge on any atom is -0.382 e. The summed E-state index contributed by atoms with van der Waals surface area (Å²) in [5.74, 6) is 0.431. The van der Waals surface area contributed by atoms with Crippen LogP contribution >= 0.6 is 0 Å². The first-order valence-corrected chi connectivity index (χ1v) is 10.6. The lowest BCUT2D eigenvalue weighted by molar-refractivity contribution is 0.0688. The molecule has 7 nitrogen and oxygen atoms in total. The first-order valence-electron chi connectivity index (χ1n) is 9.13. The van der Waals surface area contributed by atoms with Gasteiger partial charge in [0.15, 0.2) is 5.76 Å². The molecule has 0 unspecified atom stereocenters. The molecule has 0 radical (unpaired) electrons. The van der Waals surface area contributed by atoms with Crippen molar-refractivity contribution in [2.75, 3.05) is 27.1 Å². The van der Waals surface area contributed by atoms with E-state index in [1.807, 2.05) is 50.2 Å². The number of aryl methyl sites for hydroxylation is 1. The Balaban J connectivity index is 2.10. The molecule has 3 aromatic rings. The predicted molar refractivity (Wildman–Crippen MR) is 110 cm³/mol. The van der Waals surface area contributed by atoms with Gasteiger partial charge >= 0.3 is 0 Å². The van der Waals surface area contributed by atoms with Crippen molar-refractivity contribution >= 4 is 10.0 Å². The molecule has 0 saturated carbocycles. The number of hydrogen-bond acceptors (Lipinski definition) is 6. The van der Waals surface area contributed by atoms with Crippen molar-refractivity contribution in [3.8, 4) is 22.5 Å². The van der Waals surface area contributed by atoms with Gasteiger partial charge in [0.25, 0.3) is 0 Å². The van der Waals surface area contributed by atoms with Crippen LogP contribution in [0.1, 0.15) is 11.3 Å². The van der Waals surface area contributed by atoms with Crippen molar-refractivity contribution in [1.29, 1.82) is 0 Å². The lowest BCUT2D eigenvalue weighted by Crippen LogP contribution is -2.28.